The Bertz CT molecular complexity index is 2320. The molecule has 1 N–H and O–H groups in total. The van der Waals surface area contributed by atoms with E-state index in [0.717, 1.165) is 0 Å². The third-order valence-corrected chi connectivity index (χ3v) is 10.2. The molecular formula is C37H38ClFN6O5. The largest absolute Gasteiger partial charge is 0.486 e. The number of carbonyl (C=O) groups is 1. The molecule has 2 aromatic carbocycles. The molecule has 1 fully saturated rings. The molecule has 2 atom stereocenters. The molecule has 0 saturated carbocycles. The number of pyridine rings is 1. The van der Waals surface area contributed by atoms with Gasteiger partial charge in [-0.1, -0.05) is 51.9 Å². The standard InChI is InChI=1S/C37H38ClFN6O5/c1-8-25(46)43-15-21-11-12-49-35-32(44(21)14-20(43)7)22-13-23(39)27(26-19(6)9-10-24-34(26)50-37(48)42-24)28(38)31(22)45(36(35)47)33-29(17(2)3)40-16-41-30(33)18(4)5/h8-10,13,16-18,20-21H,1,11-12,14-15H2,2-7H3,(H,42,48). The SMILES string of the molecule is C=CC(=O)N1CC2CCOc3c(c4cc(F)c(-c5c(C)ccc6[nH]c(=O)oc56)c(Cl)c4n(-c4c(C(C)C)ncnc4C(C)C)c3=O)N2CC1C. The van der Waals surface area contributed by atoms with Crippen molar-refractivity contribution in [2.24, 2.45) is 0 Å². The summed E-state index contributed by atoms with van der Waals surface area (Å²) in [5, 5.41) is 0.295. The summed E-state index contributed by atoms with van der Waals surface area (Å²) in [6, 6.07) is 4.32. The molecule has 0 aliphatic carbocycles. The van der Waals surface area contributed by atoms with Gasteiger partial charge in [-0.25, -0.2) is 19.2 Å². The molecule has 2 aliphatic heterocycles. The fourth-order valence-electron chi connectivity index (χ4n) is 7.48. The number of aromatic nitrogens is 4. The molecule has 11 nitrogen and oxygen atoms in total. The van der Waals surface area contributed by atoms with E-state index in [9.17, 15) is 9.59 Å². The Morgan fingerprint density at radius 3 is 2.46 bits per heavy atom. The molecule has 0 bridgehead atoms. The summed E-state index contributed by atoms with van der Waals surface area (Å²) < 4.78 is 30.3. The second-order valence-corrected chi connectivity index (χ2v) is 14.1. The number of hydrogen-bond donors (Lipinski definition) is 1. The normalized spacial score (nSPS) is 17.6. The van der Waals surface area contributed by atoms with Crippen LogP contribution in [-0.4, -0.2) is 62.1 Å². The van der Waals surface area contributed by atoms with Crippen LogP contribution in [0.15, 0.2) is 51.2 Å². The van der Waals surface area contributed by atoms with Gasteiger partial charge in [-0.3, -0.25) is 19.1 Å². The van der Waals surface area contributed by atoms with Crippen molar-refractivity contribution in [3.05, 3.63) is 85.9 Å². The quantitative estimate of drug-likeness (QED) is 0.203. The molecule has 0 radical (unpaired) electrons. The summed E-state index contributed by atoms with van der Waals surface area (Å²) in [6.07, 6.45) is 3.30. The monoisotopic (exact) mass is 700 g/mol. The second kappa shape index (κ2) is 12.4. The molecule has 3 aromatic heterocycles. The van der Waals surface area contributed by atoms with Gasteiger partial charge >= 0.3 is 5.76 Å². The fraction of sp³-hybridized carbons (Fsp3) is 0.378. The molecule has 50 heavy (non-hydrogen) atoms. The zero-order valence-corrected chi connectivity index (χ0v) is 29.5. The topological polar surface area (TPSA) is 127 Å². The molecule has 2 aliphatic rings. The van der Waals surface area contributed by atoms with E-state index in [-0.39, 0.29) is 69.4 Å². The molecule has 5 aromatic rings. The van der Waals surface area contributed by atoms with E-state index in [2.05, 4.69) is 26.4 Å². The maximum atomic E-state index is 17.0. The van der Waals surface area contributed by atoms with Gasteiger partial charge in [-0.05, 0) is 49.5 Å². The Morgan fingerprint density at radius 1 is 1.10 bits per heavy atom. The predicted octanol–water partition coefficient (Wildman–Crippen LogP) is 6.60. The molecule has 1 amide bonds. The zero-order chi connectivity index (χ0) is 35.8. The number of fused-ring (bicyclic) bond motifs is 6. The van der Waals surface area contributed by atoms with Gasteiger partial charge in [0.1, 0.15) is 12.1 Å². The summed E-state index contributed by atoms with van der Waals surface area (Å²) >= 11 is 7.43. The summed E-state index contributed by atoms with van der Waals surface area (Å²) in [5.74, 6) is -1.76. The summed E-state index contributed by atoms with van der Waals surface area (Å²) in [5.41, 5.74) is 3.23. The van der Waals surface area contributed by atoms with Crippen LogP contribution in [-0.2, 0) is 4.79 Å². The van der Waals surface area contributed by atoms with Gasteiger partial charge in [-0.2, -0.15) is 0 Å². The maximum absolute atomic E-state index is 17.0. The van der Waals surface area contributed by atoms with Crippen molar-refractivity contribution in [1.29, 1.82) is 0 Å². The minimum Gasteiger partial charge on any atom is -0.486 e. The average Bonchev–Trinajstić information content (AvgIpc) is 3.35. The Hall–Kier alpha value is -4.97. The van der Waals surface area contributed by atoms with Crippen LogP contribution in [0.25, 0.3) is 38.8 Å². The van der Waals surface area contributed by atoms with Crippen molar-refractivity contribution >= 4 is 45.2 Å². The second-order valence-electron chi connectivity index (χ2n) is 13.7. The van der Waals surface area contributed by atoms with Gasteiger partial charge in [-0.15, -0.1) is 0 Å². The van der Waals surface area contributed by atoms with Gasteiger partial charge < -0.3 is 19.0 Å². The number of ether oxygens (including phenoxy) is 1. The fourth-order valence-corrected chi connectivity index (χ4v) is 7.85. The Balaban J connectivity index is 1.65. The van der Waals surface area contributed by atoms with E-state index in [0.29, 0.717) is 58.7 Å². The van der Waals surface area contributed by atoms with Crippen molar-refractivity contribution < 1.29 is 18.3 Å². The lowest BCUT2D eigenvalue weighted by molar-refractivity contribution is -0.129. The maximum Gasteiger partial charge on any atom is 0.417 e. The van der Waals surface area contributed by atoms with Crippen LogP contribution in [0.3, 0.4) is 0 Å². The number of nitrogens with zero attached hydrogens (tertiary/aromatic N) is 5. The Labute approximate surface area is 292 Å². The van der Waals surface area contributed by atoms with Gasteiger partial charge in [0.25, 0.3) is 5.56 Å². The molecule has 7 rings (SSSR count). The summed E-state index contributed by atoms with van der Waals surface area (Å²) in [4.78, 5) is 56.0. The van der Waals surface area contributed by atoms with Crippen molar-refractivity contribution in [2.45, 2.75) is 71.9 Å². The highest BCUT2D eigenvalue weighted by Crippen LogP contribution is 2.47. The first-order valence-corrected chi connectivity index (χ1v) is 17.1. The number of halogens is 2. The number of aromatic amines is 1. The number of H-pyrrole nitrogens is 1. The first kappa shape index (κ1) is 33.5. The van der Waals surface area contributed by atoms with Gasteiger partial charge in [0, 0.05) is 42.1 Å². The molecular weight excluding hydrogens is 663 g/mol. The van der Waals surface area contributed by atoms with Crippen LogP contribution in [0.2, 0.25) is 5.02 Å². The zero-order valence-electron chi connectivity index (χ0n) is 28.8. The van der Waals surface area contributed by atoms with Gasteiger partial charge in [0.15, 0.2) is 5.58 Å². The van der Waals surface area contributed by atoms with Gasteiger partial charge in [0.05, 0.1) is 51.5 Å². The summed E-state index contributed by atoms with van der Waals surface area (Å²) in [7, 11) is 0. The third-order valence-electron chi connectivity index (χ3n) is 9.81. The number of oxazole rings is 1. The van der Waals surface area contributed by atoms with E-state index in [1.807, 2.05) is 34.6 Å². The highest BCUT2D eigenvalue weighted by molar-refractivity contribution is 6.39. The molecule has 5 heterocycles. The Morgan fingerprint density at radius 2 is 1.80 bits per heavy atom. The van der Waals surface area contributed by atoms with E-state index >= 15 is 9.18 Å². The minimum absolute atomic E-state index is 0.0204. The lowest BCUT2D eigenvalue weighted by atomic mass is 9.95. The van der Waals surface area contributed by atoms with Crippen molar-refractivity contribution in [3.63, 3.8) is 0 Å². The molecule has 0 spiro atoms. The molecule has 1 saturated heterocycles. The molecule has 2 unspecified atom stereocenters. The number of aryl methyl sites for hydroxylation is 1. The van der Waals surface area contributed by atoms with Crippen molar-refractivity contribution in [1.82, 2.24) is 24.4 Å². The van der Waals surface area contributed by atoms with E-state index in [4.69, 9.17) is 20.8 Å². The van der Waals surface area contributed by atoms with E-state index in [1.54, 1.807) is 24.0 Å². The lowest BCUT2D eigenvalue weighted by Crippen LogP contribution is -2.59. The van der Waals surface area contributed by atoms with Crippen LogP contribution in [0.4, 0.5) is 10.1 Å². The third kappa shape index (κ3) is 5.10. The first-order chi connectivity index (χ1) is 23.8. The number of benzene rings is 2. The summed E-state index contributed by atoms with van der Waals surface area (Å²) in [6.45, 7) is 16.2. The van der Waals surface area contributed by atoms with Crippen molar-refractivity contribution in [2.75, 3.05) is 24.6 Å². The highest BCUT2D eigenvalue weighted by atomic mass is 35.5. The van der Waals surface area contributed by atoms with Gasteiger partial charge in [0.2, 0.25) is 11.7 Å². The predicted molar refractivity (Wildman–Crippen MR) is 191 cm³/mol. The number of piperazine rings is 1. The van der Waals surface area contributed by atoms with Crippen LogP contribution >= 0.6 is 11.6 Å². The van der Waals surface area contributed by atoms with E-state index in [1.165, 1.54) is 23.0 Å². The average molecular weight is 701 g/mol. The molecule has 260 valence electrons. The highest BCUT2D eigenvalue weighted by Gasteiger charge is 2.40. The lowest BCUT2D eigenvalue weighted by Gasteiger charge is -2.45. The number of anilines is 1. The smallest absolute Gasteiger partial charge is 0.417 e. The number of amides is 1. The van der Waals surface area contributed by atoms with Crippen LogP contribution in [0.5, 0.6) is 5.75 Å². The Kier molecular flexibility index (Phi) is 8.32. The number of nitrogens with one attached hydrogen (secondary N) is 1. The number of hydrogen-bond acceptors (Lipinski definition) is 8. The van der Waals surface area contributed by atoms with Crippen molar-refractivity contribution in [3.8, 4) is 22.6 Å². The van der Waals surface area contributed by atoms with E-state index < -0.39 is 17.1 Å². The van der Waals surface area contributed by atoms with Crippen LogP contribution in [0.1, 0.15) is 69.8 Å². The molecule has 13 heteroatoms. The van der Waals surface area contributed by atoms with Crippen LogP contribution < -0.4 is 21.0 Å². The number of carbonyl (C=O) groups excluding carboxylic acids is 1. The first-order valence-electron chi connectivity index (χ1n) is 16.7. The minimum atomic E-state index is -0.692. The van der Waals surface area contributed by atoms with Crippen LogP contribution in [0, 0.1) is 12.7 Å². The number of rotatable bonds is 5.